The van der Waals surface area contributed by atoms with Gasteiger partial charge in [0.05, 0.1) is 15.6 Å². The highest BCUT2D eigenvalue weighted by molar-refractivity contribution is 6.32. The molecule has 150 valence electrons. The second-order valence-electron chi connectivity index (χ2n) is 6.35. The van der Waals surface area contributed by atoms with Crippen molar-refractivity contribution < 1.29 is 22.9 Å². The highest BCUT2D eigenvalue weighted by Crippen LogP contribution is 2.47. The first kappa shape index (κ1) is 20.4. The highest BCUT2D eigenvalue weighted by Gasteiger charge is 2.43. The van der Waals surface area contributed by atoms with Gasteiger partial charge < -0.3 is 5.32 Å². The molecule has 1 heterocycles. The molecule has 1 aromatic carbocycles. The Labute approximate surface area is 166 Å². The van der Waals surface area contributed by atoms with E-state index in [1.807, 2.05) is 0 Å². The van der Waals surface area contributed by atoms with E-state index >= 15 is 0 Å². The molecule has 0 spiro atoms. The van der Waals surface area contributed by atoms with Crippen molar-refractivity contribution in [3.8, 4) is 0 Å². The Hall–Kier alpha value is -2.33. The van der Waals surface area contributed by atoms with Crippen LogP contribution in [0, 0.1) is 10.1 Å². The predicted molar refractivity (Wildman–Crippen MR) is 95.7 cm³/mol. The molecule has 12 heteroatoms. The summed E-state index contributed by atoms with van der Waals surface area (Å²) in [6, 6.07) is 2.46. The van der Waals surface area contributed by atoms with Crippen molar-refractivity contribution in [1.29, 1.82) is 0 Å². The van der Waals surface area contributed by atoms with Gasteiger partial charge in [0.2, 0.25) is 5.91 Å². The minimum Gasteiger partial charge on any atom is -0.319 e. The number of nitro groups is 1. The number of aromatic nitrogens is 2. The number of nitro benzene ring substituents is 1. The molecule has 3 rings (SSSR count). The van der Waals surface area contributed by atoms with E-state index in [9.17, 15) is 28.1 Å². The molecule has 7 nitrogen and oxygen atoms in total. The molecule has 1 unspecified atom stereocenters. The van der Waals surface area contributed by atoms with E-state index in [0.29, 0.717) is 12.8 Å². The Balaban J connectivity index is 1.94. The summed E-state index contributed by atoms with van der Waals surface area (Å²) < 4.78 is 40.4. The molecule has 0 saturated heterocycles. The van der Waals surface area contributed by atoms with Gasteiger partial charge in [-0.1, -0.05) is 23.2 Å². The van der Waals surface area contributed by atoms with Gasteiger partial charge >= 0.3 is 6.18 Å². The smallest absolute Gasteiger partial charge is 0.319 e. The zero-order valence-electron chi connectivity index (χ0n) is 14.3. The Bertz CT molecular complexity index is 957. The predicted octanol–water partition coefficient (Wildman–Crippen LogP) is 5.19. The fraction of sp³-hybridized carbons (Fsp3) is 0.375. The van der Waals surface area contributed by atoms with Crippen LogP contribution in [0.3, 0.4) is 0 Å². The molecule has 1 aliphatic rings. The summed E-state index contributed by atoms with van der Waals surface area (Å²) in [6.07, 6.45) is -3.49. The van der Waals surface area contributed by atoms with E-state index < -0.39 is 39.5 Å². The number of alkyl halides is 3. The zero-order chi connectivity index (χ0) is 20.8. The third-order valence-electron chi connectivity index (χ3n) is 4.28. The van der Waals surface area contributed by atoms with Crippen LogP contribution in [0.5, 0.6) is 0 Å². The lowest BCUT2D eigenvalue weighted by atomic mass is 10.2. The molecule has 1 fully saturated rings. The fourth-order valence-electron chi connectivity index (χ4n) is 2.74. The van der Waals surface area contributed by atoms with Crippen LogP contribution < -0.4 is 5.32 Å². The van der Waals surface area contributed by atoms with E-state index in [1.165, 1.54) is 19.1 Å². The quantitative estimate of drug-likeness (QED) is 0.515. The SMILES string of the molecule is CC(C(=O)Nc1ccc(Cl)cc1[N+](=O)[O-])n1nc(C(F)(F)F)c(Cl)c1C1CC1. The first-order valence-corrected chi connectivity index (χ1v) is 8.86. The van der Waals surface area contributed by atoms with E-state index in [-0.39, 0.29) is 22.3 Å². The van der Waals surface area contributed by atoms with Gasteiger partial charge in [0.25, 0.3) is 5.69 Å². The van der Waals surface area contributed by atoms with E-state index in [4.69, 9.17) is 23.2 Å². The Morgan fingerprint density at radius 2 is 2.04 bits per heavy atom. The number of amides is 1. The minimum absolute atomic E-state index is 0.0995. The number of anilines is 1. The van der Waals surface area contributed by atoms with Gasteiger partial charge in [0, 0.05) is 17.0 Å². The average molecular weight is 437 g/mol. The van der Waals surface area contributed by atoms with Crippen LogP contribution >= 0.6 is 23.2 Å². The van der Waals surface area contributed by atoms with Crippen LogP contribution in [0.25, 0.3) is 0 Å². The van der Waals surface area contributed by atoms with Crippen molar-refractivity contribution in [2.75, 3.05) is 5.32 Å². The number of carbonyl (C=O) groups is 1. The molecule has 0 radical (unpaired) electrons. The van der Waals surface area contributed by atoms with Gasteiger partial charge in [-0.15, -0.1) is 0 Å². The van der Waals surface area contributed by atoms with Crippen LogP contribution in [0.1, 0.15) is 43.1 Å². The number of nitrogens with zero attached hydrogens (tertiary/aromatic N) is 3. The monoisotopic (exact) mass is 436 g/mol. The van der Waals surface area contributed by atoms with Crippen molar-refractivity contribution in [2.45, 2.75) is 37.9 Å². The van der Waals surface area contributed by atoms with Crippen molar-refractivity contribution in [3.63, 3.8) is 0 Å². The van der Waals surface area contributed by atoms with Gasteiger partial charge in [0.1, 0.15) is 11.7 Å². The zero-order valence-corrected chi connectivity index (χ0v) is 15.8. The molecule has 1 N–H and O–H groups in total. The Morgan fingerprint density at radius 3 is 2.57 bits per heavy atom. The lowest BCUT2D eigenvalue weighted by Gasteiger charge is -2.16. The van der Waals surface area contributed by atoms with Crippen LogP contribution in [0.15, 0.2) is 18.2 Å². The largest absolute Gasteiger partial charge is 0.436 e. The summed E-state index contributed by atoms with van der Waals surface area (Å²) in [5.41, 5.74) is -1.69. The lowest BCUT2D eigenvalue weighted by molar-refractivity contribution is -0.383. The first-order valence-electron chi connectivity index (χ1n) is 8.10. The summed E-state index contributed by atoms with van der Waals surface area (Å²) in [5, 5.41) is 16.6. The normalized spacial score (nSPS) is 15.4. The van der Waals surface area contributed by atoms with Crippen LogP contribution in [-0.4, -0.2) is 20.6 Å². The number of halogens is 5. The van der Waals surface area contributed by atoms with Gasteiger partial charge in [-0.2, -0.15) is 18.3 Å². The molecule has 1 saturated carbocycles. The summed E-state index contributed by atoms with van der Waals surface area (Å²) in [4.78, 5) is 23.0. The topological polar surface area (TPSA) is 90.1 Å². The molecular formula is C16H13Cl2F3N4O3. The maximum absolute atomic E-state index is 13.2. The molecule has 1 aliphatic carbocycles. The van der Waals surface area contributed by atoms with E-state index in [2.05, 4.69) is 10.4 Å². The summed E-state index contributed by atoms with van der Waals surface area (Å²) >= 11 is 11.6. The maximum atomic E-state index is 13.2. The molecule has 1 aromatic heterocycles. The molecule has 2 aromatic rings. The Kier molecular flexibility index (Phi) is 5.28. The second-order valence-corrected chi connectivity index (χ2v) is 7.16. The van der Waals surface area contributed by atoms with Crippen molar-refractivity contribution in [3.05, 3.63) is 49.7 Å². The lowest BCUT2D eigenvalue weighted by Crippen LogP contribution is -2.26. The van der Waals surface area contributed by atoms with E-state index in [0.717, 1.165) is 10.7 Å². The minimum atomic E-state index is -4.77. The molecule has 1 amide bonds. The van der Waals surface area contributed by atoms with Gasteiger partial charge in [0.15, 0.2) is 5.69 Å². The highest BCUT2D eigenvalue weighted by atomic mass is 35.5. The third kappa shape index (κ3) is 3.93. The van der Waals surface area contributed by atoms with Gasteiger partial charge in [-0.3, -0.25) is 19.6 Å². The number of carbonyl (C=O) groups excluding carboxylic acids is 1. The summed E-state index contributed by atoms with van der Waals surface area (Å²) in [7, 11) is 0. The standard InChI is InChI=1S/C16H13Cl2F3N4O3/c1-7(15(26)22-10-5-4-9(17)6-11(10)25(27)28)24-13(8-2-3-8)12(18)14(23-24)16(19,20)21/h4-8H,2-3H2,1H3,(H,22,26). The van der Waals surface area contributed by atoms with E-state index in [1.54, 1.807) is 0 Å². The first-order chi connectivity index (χ1) is 13.0. The van der Waals surface area contributed by atoms with Crippen molar-refractivity contribution >= 4 is 40.5 Å². The summed E-state index contributed by atoms with van der Waals surface area (Å²) in [6.45, 7) is 1.34. The van der Waals surface area contributed by atoms with Crippen LogP contribution in [0.2, 0.25) is 10.0 Å². The molecule has 1 atom stereocenters. The molecular weight excluding hydrogens is 424 g/mol. The molecule has 0 bridgehead atoms. The number of hydrogen-bond donors (Lipinski definition) is 1. The number of hydrogen-bond acceptors (Lipinski definition) is 4. The fourth-order valence-corrected chi connectivity index (χ4v) is 3.29. The molecule has 28 heavy (non-hydrogen) atoms. The number of benzene rings is 1. The number of rotatable bonds is 5. The third-order valence-corrected chi connectivity index (χ3v) is 4.89. The maximum Gasteiger partial charge on any atom is 0.436 e. The van der Waals surface area contributed by atoms with Gasteiger partial charge in [-0.05, 0) is 31.9 Å². The van der Waals surface area contributed by atoms with Crippen molar-refractivity contribution in [2.24, 2.45) is 0 Å². The van der Waals surface area contributed by atoms with Crippen LogP contribution in [0.4, 0.5) is 24.5 Å². The molecule has 0 aliphatic heterocycles. The van der Waals surface area contributed by atoms with Crippen LogP contribution in [-0.2, 0) is 11.0 Å². The second kappa shape index (κ2) is 7.25. The van der Waals surface area contributed by atoms with Crippen molar-refractivity contribution in [1.82, 2.24) is 9.78 Å². The van der Waals surface area contributed by atoms with Gasteiger partial charge in [-0.25, -0.2) is 0 Å². The average Bonchev–Trinajstić information content (AvgIpc) is 3.36. The Morgan fingerprint density at radius 1 is 1.39 bits per heavy atom. The summed E-state index contributed by atoms with van der Waals surface area (Å²) in [5.74, 6) is -0.989. The number of nitrogens with one attached hydrogen (secondary N) is 1.